The van der Waals surface area contributed by atoms with Crippen LogP contribution in [0.15, 0.2) is 18.5 Å². The number of nitrogens with one attached hydrogen (secondary N) is 1. The Morgan fingerprint density at radius 1 is 1.50 bits per heavy atom. The van der Waals surface area contributed by atoms with E-state index in [0.717, 1.165) is 13.1 Å². The molecule has 2 heterocycles. The van der Waals surface area contributed by atoms with E-state index in [2.05, 4.69) is 49.0 Å². The van der Waals surface area contributed by atoms with Gasteiger partial charge in [0.15, 0.2) is 0 Å². The fourth-order valence-corrected chi connectivity index (χ4v) is 2.74. The zero-order valence-corrected chi connectivity index (χ0v) is 12.0. The topological polar surface area (TPSA) is 28.2 Å². The van der Waals surface area contributed by atoms with E-state index in [-0.39, 0.29) is 0 Å². The Balaban J connectivity index is 2.27. The average molecular weight is 247 g/mol. The maximum atomic E-state index is 4.30. The number of nitrogens with zero attached hydrogens (tertiary/aromatic N) is 2. The Kier molecular flexibility index (Phi) is 4.23. The van der Waals surface area contributed by atoms with Crippen LogP contribution >= 0.6 is 0 Å². The van der Waals surface area contributed by atoms with Gasteiger partial charge in [-0.15, -0.1) is 0 Å². The van der Waals surface area contributed by atoms with Gasteiger partial charge < -0.3 is 10.2 Å². The zero-order valence-electron chi connectivity index (χ0n) is 12.0. The summed E-state index contributed by atoms with van der Waals surface area (Å²) in [5.74, 6) is 0.648. The maximum Gasteiger partial charge on any atom is 0.0586 e. The van der Waals surface area contributed by atoms with Crippen LogP contribution in [0.5, 0.6) is 0 Å². The summed E-state index contributed by atoms with van der Waals surface area (Å²) in [6, 6.07) is 3.27. The lowest BCUT2D eigenvalue weighted by atomic mass is 9.96. The number of pyridine rings is 1. The summed E-state index contributed by atoms with van der Waals surface area (Å²) in [5, 5.41) is 3.66. The van der Waals surface area contributed by atoms with Crippen LogP contribution in [-0.4, -0.2) is 30.2 Å². The van der Waals surface area contributed by atoms with E-state index in [1.54, 1.807) is 0 Å². The second kappa shape index (κ2) is 5.70. The van der Waals surface area contributed by atoms with Crippen molar-refractivity contribution in [1.82, 2.24) is 10.3 Å². The summed E-state index contributed by atoms with van der Waals surface area (Å²) in [7, 11) is 0. The van der Waals surface area contributed by atoms with Gasteiger partial charge in [0, 0.05) is 31.4 Å². The van der Waals surface area contributed by atoms with Gasteiger partial charge in [0.1, 0.15) is 0 Å². The van der Waals surface area contributed by atoms with Crippen LogP contribution in [0.3, 0.4) is 0 Å². The molecule has 18 heavy (non-hydrogen) atoms. The summed E-state index contributed by atoms with van der Waals surface area (Å²) in [5.41, 5.74) is 2.63. The van der Waals surface area contributed by atoms with Gasteiger partial charge in [-0.05, 0) is 30.9 Å². The Morgan fingerprint density at radius 3 is 2.89 bits per heavy atom. The molecule has 1 aromatic heterocycles. The Labute approximate surface area is 111 Å². The van der Waals surface area contributed by atoms with E-state index in [0.29, 0.717) is 18.0 Å². The van der Waals surface area contributed by atoms with Gasteiger partial charge in [0.25, 0.3) is 0 Å². The molecule has 1 fully saturated rings. The normalized spacial score (nSPS) is 24.6. The molecule has 2 rings (SSSR count). The Morgan fingerprint density at radius 2 is 2.28 bits per heavy atom. The quantitative estimate of drug-likeness (QED) is 0.890. The van der Waals surface area contributed by atoms with Gasteiger partial charge in [-0.3, -0.25) is 4.98 Å². The Hall–Kier alpha value is -1.09. The summed E-state index contributed by atoms with van der Waals surface area (Å²) < 4.78 is 0. The molecule has 0 aliphatic carbocycles. The highest BCUT2D eigenvalue weighted by atomic mass is 15.2. The monoisotopic (exact) mass is 247 g/mol. The van der Waals surface area contributed by atoms with Gasteiger partial charge in [-0.2, -0.15) is 0 Å². The number of hydrogen-bond donors (Lipinski definition) is 1. The van der Waals surface area contributed by atoms with E-state index in [4.69, 9.17) is 0 Å². The number of aryl methyl sites for hydroxylation is 1. The second-order valence-corrected chi connectivity index (χ2v) is 5.64. The van der Waals surface area contributed by atoms with Crippen LogP contribution < -0.4 is 10.2 Å². The number of aromatic nitrogens is 1. The molecule has 0 spiro atoms. The minimum atomic E-state index is 0.565. The van der Waals surface area contributed by atoms with Crippen molar-refractivity contribution in [2.24, 2.45) is 5.92 Å². The lowest BCUT2D eigenvalue weighted by Crippen LogP contribution is -2.58. The van der Waals surface area contributed by atoms with Crippen LogP contribution in [-0.2, 0) is 0 Å². The molecular weight excluding hydrogens is 222 g/mol. The lowest BCUT2D eigenvalue weighted by molar-refractivity contribution is 0.333. The van der Waals surface area contributed by atoms with E-state index in [1.807, 2.05) is 12.4 Å². The van der Waals surface area contributed by atoms with Crippen molar-refractivity contribution in [2.75, 3.05) is 18.0 Å². The predicted octanol–water partition coefficient (Wildman–Crippen LogP) is 2.60. The molecule has 2 unspecified atom stereocenters. The predicted molar refractivity (Wildman–Crippen MR) is 77.0 cm³/mol. The van der Waals surface area contributed by atoms with Crippen LogP contribution in [0, 0.1) is 12.8 Å². The molecule has 1 N–H and O–H groups in total. The fourth-order valence-electron chi connectivity index (χ4n) is 2.74. The average Bonchev–Trinajstić information content (AvgIpc) is 2.38. The SMILES string of the molecule is CCC1CN(c2cnccc2C)C(C(C)C)CN1. The first kappa shape index (κ1) is 13.3. The molecule has 1 aromatic rings. The molecule has 0 aromatic carbocycles. The van der Waals surface area contributed by atoms with Crippen LogP contribution in [0.2, 0.25) is 0 Å². The first-order valence-corrected chi connectivity index (χ1v) is 7.04. The highest BCUT2D eigenvalue weighted by molar-refractivity contribution is 5.52. The standard InChI is InChI=1S/C15H25N3/c1-5-13-10-18(14(9-17-13)11(2)3)15-8-16-7-6-12(15)4/h6-8,11,13-14,17H,5,9-10H2,1-4H3. The third-order valence-electron chi connectivity index (χ3n) is 4.02. The highest BCUT2D eigenvalue weighted by Crippen LogP contribution is 2.26. The molecule has 1 aliphatic heterocycles. The third kappa shape index (κ3) is 2.66. The second-order valence-electron chi connectivity index (χ2n) is 5.64. The minimum absolute atomic E-state index is 0.565. The molecule has 100 valence electrons. The van der Waals surface area contributed by atoms with Crippen molar-refractivity contribution in [2.45, 2.75) is 46.2 Å². The minimum Gasteiger partial charge on any atom is -0.364 e. The van der Waals surface area contributed by atoms with Gasteiger partial charge in [-0.1, -0.05) is 20.8 Å². The largest absolute Gasteiger partial charge is 0.364 e. The summed E-state index contributed by atoms with van der Waals surface area (Å²) in [6.45, 7) is 11.2. The molecular formula is C15H25N3. The van der Waals surface area contributed by atoms with E-state index < -0.39 is 0 Å². The molecule has 3 nitrogen and oxygen atoms in total. The van der Waals surface area contributed by atoms with Gasteiger partial charge >= 0.3 is 0 Å². The van der Waals surface area contributed by atoms with E-state index in [9.17, 15) is 0 Å². The fraction of sp³-hybridized carbons (Fsp3) is 0.667. The smallest absolute Gasteiger partial charge is 0.0586 e. The molecule has 0 saturated carbocycles. The number of rotatable bonds is 3. The lowest BCUT2D eigenvalue weighted by Gasteiger charge is -2.44. The zero-order chi connectivity index (χ0) is 13.1. The van der Waals surface area contributed by atoms with Gasteiger partial charge in [0.2, 0.25) is 0 Å². The first-order chi connectivity index (χ1) is 8.63. The first-order valence-electron chi connectivity index (χ1n) is 7.04. The summed E-state index contributed by atoms with van der Waals surface area (Å²) in [4.78, 5) is 6.86. The molecule has 1 saturated heterocycles. The number of anilines is 1. The number of piperazine rings is 1. The molecule has 1 aliphatic rings. The van der Waals surface area contributed by atoms with Gasteiger partial charge in [0.05, 0.1) is 11.9 Å². The van der Waals surface area contributed by atoms with Crippen LogP contribution in [0.25, 0.3) is 0 Å². The van der Waals surface area contributed by atoms with E-state index >= 15 is 0 Å². The summed E-state index contributed by atoms with van der Waals surface area (Å²) in [6.07, 6.45) is 5.08. The van der Waals surface area contributed by atoms with Crippen LogP contribution in [0.1, 0.15) is 32.8 Å². The van der Waals surface area contributed by atoms with Crippen LogP contribution in [0.4, 0.5) is 5.69 Å². The highest BCUT2D eigenvalue weighted by Gasteiger charge is 2.29. The number of hydrogen-bond acceptors (Lipinski definition) is 3. The van der Waals surface area contributed by atoms with Crippen molar-refractivity contribution in [3.05, 3.63) is 24.0 Å². The third-order valence-corrected chi connectivity index (χ3v) is 4.02. The molecule has 3 heteroatoms. The molecule has 0 bridgehead atoms. The molecule has 2 atom stereocenters. The van der Waals surface area contributed by atoms with Crippen molar-refractivity contribution in [1.29, 1.82) is 0 Å². The molecule has 0 radical (unpaired) electrons. The van der Waals surface area contributed by atoms with Crippen molar-refractivity contribution in [3.63, 3.8) is 0 Å². The van der Waals surface area contributed by atoms with Crippen molar-refractivity contribution >= 4 is 5.69 Å². The van der Waals surface area contributed by atoms with E-state index in [1.165, 1.54) is 17.7 Å². The maximum absolute atomic E-state index is 4.30. The Bertz CT molecular complexity index is 389. The molecule has 0 amide bonds. The summed E-state index contributed by atoms with van der Waals surface area (Å²) >= 11 is 0. The van der Waals surface area contributed by atoms with Crippen molar-refractivity contribution < 1.29 is 0 Å². The van der Waals surface area contributed by atoms with Crippen molar-refractivity contribution in [3.8, 4) is 0 Å². The van der Waals surface area contributed by atoms with Gasteiger partial charge in [-0.25, -0.2) is 0 Å².